The maximum Gasteiger partial charge on any atom is 0.252 e. The highest BCUT2D eigenvalue weighted by molar-refractivity contribution is 6.12. The summed E-state index contributed by atoms with van der Waals surface area (Å²) < 4.78 is 0. The zero-order chi connectivity index (χ0) is 14.1. The molecule has 1 amide bonds. The molecule has 0 saturated heterocycles. The summed E-state index contributed by atoms with van der Waals surface area (Å²) in [5.41, 5.74) is 1.90. The van der Waals surface area contributed by atoms with E-state index in [-0.39, 0.29) is 23.7 Å². The van der Waals surface area contributed by atoms with E-state index in [2.05, 4.69) is 5.32 Å². The number of hydrogen-bond acceptors (Lipinski definition) is 2. The quantitative estimate of drug-likeness (QED) is 0.861. The minimum Gasteiger partial charge on any atom is -0.348 e. The fraction of sp³-hybridized carbons (Fsp3) is 0.176. The topological polar surface area (TPSA) is 46.2 Å². The summed E-state index contributed by atoms with van der Waals surface area (Å²) in [7, 11) is 0. The van der Waals surface area contributed by atoms with E-state index in [4.69, 9.17) is 0 Å². The molecule has 2 aromatic rings. The van der Waals surface area contributed by atoms with Crippen LogP contribution in [0, 0.1) is 0 Å². The van der Waals surface area contributed by atoms with Crippen LogP contribution in [0.1, 0.15) is 39.1 Å². The first-order valence-electron chi connectivity index (χ1n) is 6.67. The van der Waals surface area contributed by atoms with Gasteiger partial charge >= 0.3 is 0 Å². The first-order valence-corrected chi connectivity index (χ1v) is 6.67. The van der Waals surface area contributed by atoms with Crippen LogP contribution in [0.15, 0.2) is 54.6 Å². The highest BCUT2D eigenvalue weighted by atomic mass is 16.2. The van der Waals surface area contributed by atoms with Gasteiger partial charge in [0, 0.05) is 11.6 Å². The maximum absolute atomic E-state index is 12.8. The van der Waals surface area contributed by atoms with Crippen molar-refractivity contribution in [2.45, 2.75) is 18.9 Å². The average molecular weight is 265 g/mol. The van der Waals surface area contributed by atoms with Gasteiger partial charge < -0.3 is 5.32 Å². The molecule has 0 spiro atoms. The summed E-state index contributed by atoms with van der Waals surface area (Å²) >= 11 is 0. The molecule has 1 N–H and O–H groups in total. The van der Waals surface area contributed by atoms with Crippen LogP contribution >= 0.6 is 0 Å². The molecule has 0 radical (unpaired) electrons. The van der Waals surface area contributed by atoms with E-state index in [0.717, 1.165) is 5.56 Å². The molecule has 2 atom stereocenters. The van der Waals surface area contributed by atoms with Gasteiger partial charge in [-0.2, -0.15) is 0 Å². The molecule has 0 aromatic heterocycles. The first-order chi connectivity index (χ1) is 9.68. The summed E-state index contributed by atoms with van der Waals surface area (Å²) in [6, 6.07) is 16.4. The zero-order valence-corrected chi connectivity index (χ0v) is 11.2. The first kappa shape index (κ1) is 12.6. The third kappa shape index (κ3) is 2.01. The Hall–Kier alpha value is -2.42. The molecular weight excluding hydrogens is 250 g/mol. The van der Waals surface area contributed by atoms with Crippen molar-refractivity contribution in [2.24, 2.45) is 0 Å². The van der Waals surface area contributed by atoms with Crippen molar-refractivity contribution < 1.29 is 9.59 Å². The van der Waals surface area contributed by atoms with Gasteiger partial charge in [0.15, 0.2) is 5.78 Å². The Bertz CT molecular complexity index is 664. The number of ketones is 1. The van der Waals surface area contributed by atoms with Crippen LogP contribution < -0.4 is 5.32 Å². The molecule has 3 rings (SSSR count). The molecular formula is C17H15NO2. The van der Waals surface area contributed by atoms with E-state index in [9.17, 15) is 9.59 Å². The van der Waals surface area contributed by atoms with E-state index in [0.29, 0.717) is 11.1 Å². The number of nitrogens with one attached hydrogen (secondary N) is 1. The molecule has 3 nitrogen and oxygen atoms in total. The minimum atomic E-state index is -0.344. The largest absolute Gasteiger partial charge is 0.348 e. The van der Waals surface area contributed by atoms with Crippen LogP contribution in [-0.4, -0.2) is 17.7 Å². The zero-order valence-electron chi connectivity index (χ0n) is 11.2. The second-order valence-electron chi connectivity index (χ2n) is 5.06. The summed E-state index contributed by atoms with van der Waals surface area (Å²) in [6.45, 7) is 1.87. The standard InChI is InChI=1S/C17H15NO2/c1-11-15(12-7-3-2-4-8-12)16(19)13-9-5-6-10-14(13)17(20)18-11/h2-11,15H,1H3,(H,18,20)/t11-,15+/m0/s1. The predicted octanol–water partition coefficient (Wildman–Crippen LogP) is 2.79. The van der Waals surface area contributed by atoms with Gasteiger partial charge in [-0.25, -0.2) is 0 Å². The predicted molar refractivity (Wildman–Crippen MR) is 76.9 cm³/mol. The molecule has 0 unspecified atom stereocenters. The van der Waals surface area contributed by atoms with Crippen molar-refractivity contribution in [3.8, 4) is 0 Å². The van der Waals surface area contributed by atoms with E-state index in [1.807, 2.05) is 37.3 Å². The third-order valence-electron chi connectivity index (χ3n) is 3.74. The number of rotatable bonds is 1. The average Bonchev–Trinajstić information content (AvgIpc) is 2.56. The number of amides is 1. The van der Waals surface area contributed by atoms with Crippen molar-refractivity contribution in [1.29, 1.82) is 0 Å². The van der Waals surface area contributed by atoms with Crippen molar-refractivity contribution in [3.05, 3.63) is 71.3 Å². The Balaban J connectivity index is 2.14. The number of hydrogen-bond donors (Lipinski definition) is 1. The molecule has 1 aliphatic heterocycles. The van der Waals surface area contributed by atoms with Gasteiger partial charge in [-0.15, -0.1) is 0 Å². The van der Waals surface area contributed by atoms with Crippen molar-refractivity contribution in [3.63, 3.8) is 0 Å². The lowest BCUT2D eigenvalue weighted by Gasteiger charge is -2.21. The van der Waals surface area contributed by atoms with Gasteiger partial charge in [0.05, 0.1) is 11.5 Å². The van der Waals surface area contributed by atoms with Crippen molar-refractivity contribution in [1.82, 2.24) is 5.32 Å². The van der Waals surface area contributed by atoms with Crippen molar-refractivity contribution >= 4 is 11.7 Å². The summed E-state index contributed by atoms with van der Waals surface area (Å²) in [5.74, 6) is -0.527. The van der Waals surface area contributed by atoms with Crippen LogP contribution in [0.25, 0.3) is 0 Å². The Morgan fingerprint density at radius 1 is 0.850 bits per heavy atom. The van der Waals surface area contributed by atoms with E-state index < -0.39 is 0 Å². The Labute approximate surface area is 117 Å². The summed E-state index contributed by atoms with van der Waals surface area (Å²) in [4.78, 5) is 25.0. The van der Waals surface area contributed by atoms with Gasteiger partial charge in [-0.3, -0.25) is 9.59 Å². The molecule has 20 heavy (non-hydrogen) atoms. The van der Waals surface area contributed by atoms with Crippen LogP contribution in [0.4, 0.5) is 0 Å². The molecule has 0 bridgehead atoms. The van der Waals surface area contributed by atoms with Crippen LogP contribution in [0.3, 0.4) is 0 Å². The summed E-state index contributed by atoms with van der Waals surface area (Å²) in [5, 5.41) is 2.92. The highest BCUT2D eigenvalue weighted by Crippen LogP contribution is 2.28. The Morgan fingerprint density at radius 3 is 2.15 bits per heavy atom. The number of Topliss-reactive ketones (excluding diaryl/α,β-unsaturated/α-hetero) is 1. The molecule has 0 aliphatic carbocycles. The molecule has 1 heterocycles. The third-order valence-corrected chi connectivity index (χ3v) is 3.74. The van der Waals surface area contributed by atoms with Gasteiger partial charge in [-0.05, 0) is 18.6 Å². The lowest BCUT2D eigenvalue weighted by Crippen LogP contribution is -2.36. The number of fused-ring (bicyclic) bond motifs is 1. The smallest absolute Gasteiger partial charge is 0.252 e. The molecule has 1 aliphatic rings. The molecule has 0 saturated carbocycles. The van der Waals surface area contributed by atoms with Crippen LogP contribution in [0.2, 0.25) is 0 Å². The Kier molecular flexibility index (Phi) is 3.11. The van der Waals surface area contributed by atoms with Crippen LogP contribution in [0.5, 0.6) is 0 Å². The summed E-state index contributed by atoms with van der Waals surface area (Å²) in [6.07, 6.45) is 0. The lowest BCUT2D eigenvalue weighted by molar-refractivity contribution is 0.0926. The highest BCUT2D eigenvalue weighted by Gasteiger charge is 2.34. The second-order valence-corrected chi connectivity index (χ2v) is 5.06. The van der Waals surface area contributed by atoms with Gasteiger partial charge in [0.2, 0.25) is 0 Å². The number of carbonyl (C=O) groups is 2. The Morgan fingerprint density at radius 2 is 1.45 bits per heavy atom. The normalized spacial score (nSPS) is 21.9. The molecule has 2 aromatic carbocycles. The fourth-order valence-electron chi connectivity index (χ4n) is 2.76. The lowest BCUT2D eigenvalue weighted by atomic mass is 9.85. The van der Waals surface area contributed by atoms with E-state index >= 15 is 0 Å². The molecule has 3 heteroatoms. The van der Waals surface area contributed by atoms with E-state index in [1.54, 1.807) is 24.3 Å². The SMILES string of the molecule is C[C@@H]1NC(=O)c2ccccc2C(=O)[C@H]1c1ccccc1. The number of benzene rings is 2. The monoisotopic (exact) mass is 265 g/mol. The van der Waals surface area contributed by atoms with Crippen LogP contribution in [-0.2, 0) is 0 Å². The van der Waals surface area contributed by atoms with Gasteiger partial charge in [0.1, 0.15) is 0 Å². The second kappa shape index (κ2) is 4.93. The molecule has 0 fully saturated rings. The van der Waals surface area contributed by atoms with E-state index in [1.165, 1.54) is 0 Å². The maximum atomic E-state index is 12.8. The van der Waals surface area contributed by atoms with Gasteiger partial charge in [0.25, 0.3) is 5.91 Å². The number of carbonyl (C=O) groups excluding carboxylic acids is 2. The fourth-order valence-corrected chi connectivity index (χ4v) is 2.76. The van der Waals surface area contributed by atoms with Gasteiger partial charge in [-0.1, -0.05) is 48.5 Å². The minimum absolute atomic E-state index is 0.00218. The van der Waals surface area contributed by atoms with Crippen molar-refractivity contribution in [2.75, 3.05) is 0 Å². The molecule has 100 valence electrons.